The number of hydrogen-bond acceptors (Lipinski definition) is 3. The van der Waals surface area contributed by atoms with Crippen molar-refractivity contribution in [3.63, 3.8) is 0 Å². The third-order valence-electron chi connectivity index (χ3n) is 2.27. The summed E-state index contributed by atoms with van der Waals surface area (Å²) in [5, 5.41) is 2.48. The molecule has 1 aromatic rings. The molecule has 0 fully saturated rings. The Bertz CT molecular complexity index is 388. The van der Waals surface area contributed by atoms with Crippen molar-refractivity contribution >= 4 is 11.7 Å². The van der Waals surface area contributed by atoms with Gasteiger partial charge in [-0.05, 0) is 12.1 Å². The summed E-state index contributed by atoms with van der Waals surface area (Å²) >= 11 is 0. The number of carbonyl (C=O) groups excluding carboxylic acids is 2. The molecule has 0 atom stereocenters. The lowest BCUT2D eigenvalue weighted by atomic mass is 10.1. The molecule has 1 rings (SSSR count). The van der Waals surface area contributed by atoms with E-state index in [0.29, 0.717) is 11.3 Å². The molecule has 4 nitrogen and oxygen atoms in total. The van der Waals surface area contributed by atoms with E-state index in [0.717, 1.165) is 0 Å². The molecule has 0 radical (unpaired) electrons. The molecular formula is C12H15NO3. The number of methoxy groups -OCH3 is 1. The highest BCUT2D eigenvalue weighted by Gasteiger charge is 2.12. The van der Waals surface area contributed by atoms with Gasteiger partial charge < -0.3 is 10.1 Å². The largest absolute Gasteiger partial charge is 0.496 e. The van der Waals surface area contributed by atoms with Gasteiger partial charge in [-0.15, -0.1) is 0 Å². The van der Waals surface area contributed by atoms with E-state index in [1.807, 2.05) is 0 Å². The number of Topliss-reactive ketones (excluding diaryl/α,β-unsaturated/α-hetero) is 1. The van der Waals surface area contributed by atoms with Gasteiger partial charge in [0.25, 0.3) is 0 Å². The van der Waals surface area contributed by atoms with Crippen LogP contribution in [0.3, 0.4) is 0 Å². The molecule has 0 aliphatic heterocycles. The number of amides is 1. The molecule has 1 aromatic carbocycles. The summed E-state index contributed by atoms with van der Waals surface area (Å²) in [6, 6.07) is 7.00. The predicted molar refractivity (Wildman–Crippen MR) is 60.6 cm³/mol. The predicted octanol–water partition coefficient (Wildman–Crippen LogP) is 1.40. The van der Waals surface area contributed by atoms with Gasteiger partial charge in [0, 0.05) is 19.9 Å². The Morgan fingerprint density at radius 2 is 1.94 bits per heavy atom. The average Bonchev–Trinajstić information content (AvgIpc) is 2.35. The van der Waals surface area contributed by atoms with Crippen molar-refractivity contribution < 1.29 is 14.3 Å². The Balaban J connectivity index is 2.69. The van der Waals surface area contributed by atoms with Crippen molar-refractivity contribution in [1.29, 1.82) is 0 Å². The highest BCUT2D eigenvalue weighted by Crippen LogP contribution is 2.19. The number of benzene rings is 1. The molecule has 16 heavy (non-hydrogen) atoms. The lowest BCUT2D eigenvalue weighted by molar-refractivity contribution is -0.120. The molecular weight excluding hydrogens is 206 g/mol. The van der Waals surface area contributed by atoms with Crippen LogP contribution < -0.4 is 10.1 Å². The molecule has 4 heteroatoms. The normalized spacial score (nSPS) is 9.62. The Labute approximate surface area is 94.6 Å². The monoisotopic (exact) mass is 221 g/mol. The molecule has 0 heterocycles. The van der Waals surface area contributed by atoms with Crippen LogP contribution in [0.15, 0.2) is 24.3 Å². The standard InChI is InChI=1S/C12H15NO3/c1-13-12(15)8-7-10(14)9-5-3-4-6-11(9)16-2/h3-6H,7-8H2,1-2H3,(H,13,15). The summed E-state index contributed by atoms with van der Waals surface area (Å²) in [5.41, 5.74) is 0.522. The molecule has 1 amide bonds. The van der Waals surface area contributed by atoms with Crippen LogP contribution in [0.2, 0.25) is 0 Å². The molecule has 0 spiro atoms. The van der Waals surface area contributed by atoms with E-state index < -0.39 is 0 Å². The Kier molecular flexibility index (Phi) is 4.51. The van der Waals surface area contributed by atoms with Gasteiger partial charge in [-0.2, -0.15) is 0 Å². The van der Waals surface area contributed by atoms with E-state index in [1.54, 1.807) is 31.3 Å². The van der Waals surface area contributed by atoms with Gasteiger partial charge in [0.15, 0.2) is 5.78 Å². The topological polar surface area (TPSA) is 55.4 Å². The van der Waals surface area contributed by atoms with E-state index in [2.05, 4.69) is 5.32 Å². The van der Waals surface area contributed by atoms with Gasteiger partial charge >= 0.3 is 0 Å². The number of hydrogen-bond donors (Lipinski definition) is 1. The van der Waals surface area contributed by atoms with Crippen molar-refractivity contribution in [2.75, 3.05) is 14.2 Å². The van der Waals surface area contributed by atoms with E-state index >= 15 is 0 Å². The molecule has 0 saturated carbocycles. The van der Waals surface area contributed by atoms with E-state index in [-0.39, 0.29) is 24.5 Å². The minimum Gasteiger partial charge on any atom is -0.496 e. The van der Waals surface area contributed by atoms with Gasteiger partial charge in [0.2, 0.25) is 5.91 Å². The number of para-hydroxylation sites is 1. The first kappa shape index (κ1) is 12.2. The first-order chi connectivity index (χ1) is 7.69. The van der Waals surface area contributed by atoms with Gasteiger partial charge in [-0.1, -0.05) is 12.1 Å². The Hall–Kier alpha value is -1.84. The fourth-order valence-corrected chi connectivity index (χ4v) is 1.36. The highest BCUT2D eigenvalue weighted by atomic mass is 16.5. The minimum absolute atomic E-state index is 0.0824. The van der Waals surface area contributed by atoms with Crippen molar-refractivity contribution in [2.45, 2.75) is 12.8 Å². The summed E-state index contributed by atoms with van der Waals surface area (Å²) in [6.07, 6.45) is 0.396. The van der Waals surface area contributed by atoms with Crippen LogP contribution in [-0.2, 0) is 4.79 Å². The summed E-state index contributed by atoms with van der Waals surface area (Å²) in [5.74, 6) is 0.328. The van der Waals surface area contributed by atoms with Crippen LogP contribution in [0.5, 0.6) is 5.75 Å². The lowest BCUT2D eigenvalue weighted by Gasteiger charge is -2.06. The van der Waals surface area contributed by atoms with Crippen LogP contribution in [0.4, 0.5) is 0 Å². The van der Waals surface area contributed by atoms with Crippen LogP contribution in [0, 0.1) is 0 Å². The first-order valence-corrected chi connectivity index (χ1v) is 5.06. The molecule has 0 aromatic heterocycles. The van der Waals surface area contributed by atoms with Gasteiger partial charge in [-0.25, -0.2) is 0 Å². The minimum atomic E-state index is -0.136. The summed E-state index contributed by atoms with van der Waals surface area (Å²) < 4.78 is 5.08. The smallest absolute Gasteiger partial charge is 0.220 e. The summed E-state index contributed by atoms with van der Waals surface area (Å²) in [7, 11) is 3.07. The quantitative estimate of drug-likeness (QED) is 0.765. The third kappa shape index (κ3) is 3.08. The SMILES string of the molecule is CNC(=O)CCC(=O)c1ccccc1OC. The fourth-order valence-electron chi connectivity index (χ4n) is 1.36. The fraction of sp³-hybridized carbons (Fsp3) is 0.333. The second-order valence-corrected chi connectivity index (χ2v) is 3.30. The van der Waals surface area contributed by atoms with Gasteiger partial charge in [0.1, 0.15) is 5.75 Å². The zero-order valence-corrected chi connectivity index (χ0v) is 9.45. The van der Waals surface area contributed by atoms with E-state index in [4.69, 9.17) is 4.74 Å². The van der Waals surface area contributed by atoms with Crippen molar-refractivity contribution in [2.24, 2.45) is 0 Å². The van der Waals surface area contributed by atoms with Gasteiger partial charge in [0.05, 0.1) is 12.7 Å². The van der Waals surface area contributed by atoms with Crippen LogP contribution in [0.25, 0.3) is 0 Å². The van der Waals surface area contributed by atoms with Crippen LogP contribution >= 0.6 is 0 Å². The number of ether oxygens (including phenoxy) is 1. The first-order valence-electron chi connectivity index (χ1n) is 5.06. The van der Waals surface area contributed by atoms with Crippen LogP contribution in [0.1, 0.15) is 23.2 Å². The van der Waals surface area contributed by atoms with E-state index in [1.165, 1.54) is 7.11 Å². The maximum atomic E-state index is 11.8. The van der Waals surface area contributed by atoms with Crippen LogP contribution in [-0.4, -0.2) is 25.8 Å². The maximum Gasteiger partial charge on any atom is 0.220 e. The average molecular weight is 221 g/mol. The number of carbonyl (C=O) groups is 2. The highest BCUT2D eigenvalue weighted by molar-refractivity contribution is 6.00. The number of nitrogens with one attached hydrogen (secondary N) is 1. The number of ketones is 1. The van der Waals surface area contributed by atoms with Gasteiger partial charge in [-0.3, -0.25) is 9.59 Å². The molecule has 0 aliphatic rings. The summed E-state index contributed by atoms with van der Waals surface area (Å²) in [4.78, 5) is 22.8. The van der Waals surface area contributed by atoms with E-state index in [9.17, 15) is 9.59 Å². The molecule has 0 bridgehead atoms. The van der Waals surface area contributed by atoms with Crippen molar-refractivity contribution in [3.8, 4) is 5.75 Å². The number of rotatable bonds is 5. The third-order valence-corrected chi connectivity index (χ3v) is 2.27. The maximum absolute atomic E-state index is 11.8. The lowest BCUT2D eigenvalue weighted by Crippen LogP contribution is -2.18. The second-order valence-electron chi connectivity index (χ2n) is 3.30. The van der Waals surface area contributed by atoms with Crippen molar-refractivity contribution in [3.05, 3.63) is 29.8 Å². The Morgan fingerprint density at radius 1 is 1.25 bits per heavy atom. The zero-order valence-electron chi connectivity index (χ0n) is 9.45. The molecule has 0 aliphatic carbocycles. The molecule has 1 N–H and O–H groups in total. The zero-order chi connectivity index (χ0) is 12.0. The Morgan fingerprint density at radius 3 is 2.56 bits per heavy atom. The molecule has 0 unspecified atom stereocenters. The molecule has 0 saturated heterocycles. The summed E-state index contributed by atoms with van der Waals surface area (Å²) in [6.45, 7) is 0. The van der Waals surface area contributed by atoms with Crippen molar-refractivity contribution in [1.82, 2.24) is 5.32 Å². The molecule has 86 valence electrons. The second kappa shape index (κ2) is 5.90.